The molecule has 5 heteroatoms. The van der Waals surface area contributed by atoms with Crippen LogP contribution >= 0.6 is 27.3 Å². The summed E-state index contributed by atoms with van der Waals surface area (Å²) in [6, 6.07) is 7.69. The molecule has 0 spiro atoms. The van der Waals surface area contributed by atoms with Gasteiger partial charge in [0.05, 0.1) is 6.42 Å². The van der Waals surface area contributed by atoms with Gasteiger partial charge in [0.15, 0.2) is 5.13 Å². The number of carbonyl (C=O) groups is 1. The summed E-state index contributed by atoms with van der Waals surface area (Å²) in [6.45, 7) is 0. The van der Waals surface area contributed by atoms with E-state index in [9.17, 15) is 4.79 Å². The number of rotatable bonds is 3. The highest BCUT2D eigenvalue weighted by Crippen LogP contribution is 2.13. The van der Waals surface area contributed by atoms with E-state index in [1.54, 1.807) is 6.20 Å². The molecule has 0 saturated heterocycles. The van der Waals surface area contributed by atoms with E-state index in [0.717, 1.165) is 10.0 Å². The molecule has 82 valence electrons. The van der Waals surface area contributed by atoms with Crippen LogP contribution in [0, 0.1) is 0 Å². The first-order valence-corrected chi connectivity index (χ1v) is 6.35. The number of nitrogens with zero attached hydrogens (tertiary/aromatic N) is 1. The van der Waals surface area contributed by atoms with Gasteiger partial charge in [0.1, 0.15) is 0 Å². The molecule has 1 aromatic heterocycles. The molecule has 0 saturated carbocycles. The van der Waals surface area contributed by atoms with Gasteiger partial charge in [-0.2, -0.15) is 0 Å². The molecule has 1 amide bonds. The lowest BCUT2D eigenvalue weighted by Gasteiger charge is -2.01. The highest BCUT2D eigenvalue weighted by molar-refractivity contribution is 9.10. The molecule has 0 unspecified atom stereocenters. The van der Waals surface area contributed by atoms with Crippen LogP contribution in [0.5, 0.6) is 0 Å². The molecule has 2 aromatic rings. The highest BCUT2D eigenvalue weighted by atomic mass is 79.9. The molecule has 0 radical (unpaired) electrons. The molecule has 2 rings (SSSR count). The fourth-order valence-electron chi connectivity index (χ4n) is 1.24. The number of halogens is 1. The molecule has 0 aliphatic heterocycles. The minimum Gasteiger partial charge on any atom is -0.302 e. The van der Waals surface area contributed by atoms with Crippen molar-refractivity contribution < 1.29 is 4.79 Å². The van der Waals surface area contributed by atoms with Gasteiger partial charge in [-0.05, 0) is 17.7 Å². The van der Waals surface area contributed by atoms with Gasteiger partial charge in [-0.3, -0.25) is 4.79 Å². The number of nitrogens with one attached hydrogen (secondary N) is 1. The van der Waals surface area contributed by atoms with Crippen molar-refractivity contribution in [3.63, 3.8) is 0 Å². The van der Waals surface area contributed by atoms with Crippen LogP contribution in [0.3, 0.4) is 0 Å². The number of carbonyl (C=O) groups excluding carboxylic acids is 1. The van der Waals surface area contributed by atoms with Crippen molar-refractivity contribution in [1.82, 2.24) is 4.98 Å². The lowest BCUT2D eigenvalue weighted by Crippen LogP contribution is -2.13. The van der Waals surface area contributed by atoms with Gasteiger partial charge in [-0.1, -0.05) is 28.1 Å². The van der Waals surface area contributed by atoms with E-state index >= 15 is 0 Å². The Balaban J connectivity index is 1.95. The third-order valence-electron chi connectivity index (χ3n) is 1.96. The van der Waals surface area contributed by atoms with Crippen LogP contribution < -0.4 is 5.32 Å². The first kappa shape index (κ1) is 11.3. The van der Waals surface area contributed by atoms with Crippen molar-refractivity contribution in [3.05, 3.63) is 45.9 Å². The molecule has 1 heterocycles. The first-order valence-electron chi connectivity index (χ1n) is 4.68. The summed E-state index contributed by atoms with van der Waals surface area (Å²) >= 11 is 4.77. The number of benzene rings is 1. The summed E-state index contributed by atoms with van der Waals surface area (Å²) < 4.78 is 1.01. The van der Waals surface area contributed by atoms with E-state index in [1.165, 1.54) is 11.3 Å². The second kappa shape index (κ2) is 5.23. The minimum absolute atomic E-state index is 0.0442. The normalized spacial score (nSPS) is 10.1. The lowest BCUT2D eigenvalue weighted by molar-refractivity contribution is -0.115. The van der Waals surface area contributed by atoms with Crippen LogP contribution in [-0.4, -0.2) is 10.9 Å². The number of hydrogen-bond acceptors (Lipinski definition) is 3. The van der Waals surface area contributed by atoms with Crippen molar-refractivity contribution in [2.75, 3.05) is 5.32 Å². The zero-order valence-electron chi connectivity index (χ0n) is 8.31. The van der Waals surface area contributed by atoms with Crippen LogP contribution in [0.15, 0.2) is 40.3 Å². The zero-order valence-corrected chi connectivity index (χ0v) is 10.7. The molecule has 0 aliphatic rings. The van der Waals surface area contributed by atoms with E-state index in [2.05, 4.69) is 26.2 Å². The first-order chi connectivity index (χ1) is 7.74. The Kier molecular flexibility index (Phi) is 3.69. The van der Waals surface area contributed by atoms with Crippen LogP contribution in [-0.2, 0) is 11.2 Å². The van der Waals surface area contributed by atoms with E-state index in [4.69, 9.17) is 0 Å². The van der Waals surface area contributed by atoms with E-state index in [1.807, 2.05) is 29.6 Å². The number of anilines is 1. The van der Waals surface area contributed by atoms with Gasteiger partial charge in [0.2, 0.25) is 5.91 Å². The fourth-order valence-corrected chi connectivity index (χ4v) is 2.05. The number of amides is 1. The summed E-state index contributed by atoms with van der Waals surface area (Å²) in [5, 5.41) is 5.21. The third kappa shape index (κ3) is 3.15. The van der Waals surface area contributed by atoms with E-state index in [-0.39, 0.29) is 5.91 Å². The second-order valence-electron chi connectivity index (χ2n) is 3.19. The average Bonchev–Trinajstić information content (AvgIpc) is 2.74. The Morgan fingerprint density at radius 3 is 2.75 bits per heavy atom. The molecule has 1 aromatic carbocycles. The number of thiazole rings is 1. The Hall–Kier alpha value is -1.20. The van der Waals surface area contributed by atoms with Crippen LogP contribution in [0.4, 0.5) is 5.13 Å². The van der Waals surface area contributed by atoms with Gasteiger partial charge in [0, 0.05) is 16.0 Å². The maximum Gasteiger partial charge on any atom is 0.230 e. The summed E-state index contributed by atoms with van der Waals surface area (Å²) in [7, 11) is 0. The molecule has 0 aliphatic carbocycles. The number of hydrogen-bond donors (Lipinski definition) is 1. The molecule has 0 bridgehead atoms. The van der Waals surface area contributed by atoms with E-state index in [0.29, 0.717) is 11.6 Å². The van der Waals surface area contributed by atoms with Gasteiger partial charge in [-0.15, -0.1) is 11.3 Å². The fraction of sp³-hybridized carbons (Fsp3) is 0.0909. The predicted molar refractivity (Wildman–Crippen MR) is 68.6 cm³/mol. The molecular weight excluding hydrogens is 288 g/mol. The van der Waals surface area contributed by atoms with Gasteiger partial charge >= 0.3 is 0 Å². The maximum atomic E-state index is 11.6. The topological polar surface area (TPSA) is 42.0 Å². The monoisotopic (exact) mass is 296 g/mol. The lowest BCUT2D eigenvalue weighted by atomic mass is 10.1. The van der Waals surface area contributed by atoms with Crippen LogP contribution in [0.25, 0.3) is 0 Å². The Bertz CT molecular complexity index is 467. The van der Waals surface area contributed by atoms with Crippen molar-refractivity contribution in [1.29, 1.82) is 0 Å². The predicted octanol–water partition coefficient (Wildman–Crippen LogP) is 3.09. The quantitative estimate of drug-likeness (QED) is 0.946. The van der Waals surface area contributed by atoms with Crippen LogP contribution in [0.1, 0.15) is 5.56 Å². The SMILES string of the molecule is O=C(Cc1ccc(Br)cc1)Nc1nccs1. The van der Waals surface area contributed by atoms with Crippen LogP contribution in [0.2, 0.25) is 0 Å². The Labute approximate surface area is 106 Å². The van der Waals surface area contributed by atoms with Gasteiger partial charge in [0.25, 0.3) is 0 Å². The minimum atomic E-state index is -0.0442. The third-order valence-corrected chi connectivity index (χ3v) is 3.17. The number of aromatic nitrogens is 1. The molecule has 0 atom stereocenters. The standard InChI is InChI=1S/C11H9BrN2OS/c12-9-3-1-8(2-4-9)7-10(15)14-11-13-5-6-16-11/h1-6H,7H2,(H,13,14,15). The molecular formula is C11H9BrN2OS. The van der Waals surface area contributed by atoms with Crippen molar-refractivity contribution >= 4 is 38.3 Å². The van der Waals surface area contributed by atoms with Crippen molar-refractivity contribution in [2.45, 2.75) is 6.42 Å². The molecule has 16 heavy (non-hydrogen) atoms. The summed E-state index contributed by atoms with van der Waals surface area (Å²) in [6.07, 6.45) is 2.03. The molecule has 1 N–H and O–H groups in total. The Morgan fingerprint density at radius 2 is 2.12 bits per heavy atom. The van der Waals surface area contributed by atoms with E-state index < -0.39 is 0 Å². The molecule has 0 fully saturated rings. The highest BCUT2D eigenvalue weighted by Gasteiger charge is 2.05. The average molecular weight is 297 g/mol. The summed E-state index contributed by atoms with van der Waals surface area (Å²) in [5.41, 5.74) is 0.984. The van der Waals surface area contributed by atoms with Gasteiger partial charge < -0.3 is 5.32 Å². The smallest absolute Gasteiger partial charge is 0.230 e. The van der Waals surface area contributed by atoms with Gasteiger partial charge in [-0.25, -0.2) is 4.98 Å². The summed E-state index contributed by atoms with van der Waals surface area (Å²) in [4.78, 5) is 15.6. The second-order valence-corrected chi connectivity index (χ2v) is 5.00. The maximum absolute atomic E-state index is 11.6. The largest absolute Gasteiger partial charge is 0.302 e. The molecule has 3 nitrogen and oxygen atoms in total. The van der Waals surface area contributed by atoms with Crippen molar-refractivity contribution in [2.24, 2.45) is 0 Å². The van der Waals surface area contributed by atoms with Crippen molar-refractivity contribution in [3.8, 4) is 0 Å². The Morgan fingerprint density at radius 1 is 1.38 bits per heavy atom. The summed E-state index contributed by atoms with van der Waals surface area (Å²) in [5.74, 6) is -0.0442. The zero-order chi connectivity index (χ0) is 11.4.